The second kappa shape index (κ2) is 5.03. The Kier molecular flexibility index (Phi) is 4.13. The fourth-order valence-corrected chi connectivity index (χ4v) is 1.85. The maximum Gasteiger partial charge on any atom is 0.490 e. The van der Waals surface area contributed by atoms with Gasteiger partial charge in [0.2, 0.25) is 0 Å². The standard InChI is InChI=1S/C8H13NO.C2HF3O2/c10-6-7-1-4-9-8(5-7)2-3-8;3-2(4,5)1(6)7/h6-7,9H,1-5H2;(H,6,7). The van der Waals surface area contributed by atoms with Crippen LogP contribution < -0.4 is 5.32 Å². The Balaban J connectivity index is 0.000000185. The van der Waals surface area contributed by atoms with Crippen molar-refractivity contribution in [1.82, 2.24) is 5.32 Å². The van der Waals surface area contributed by atoms with E-state index in [4.69, 9.17) is 9.90 Å². The second-order valence-corrected chi connectivity index (χ2v) is 4.40. The molecule has 1 atom stereocenters. The molecular weight excluding hydrogens is 239 g/mol. The summed E-state index contributed by atoms with van der Waals surface area (Å²) in [6.45, 7) is 1.05. The molecule has 2 rings (SSSR count). The molecule has 2 N–H and O–H groups in total. The predicted molar refractivity (Wildman–Crippen MR) is 52.4 cm³/mol. The third-order valence-corrected chi connectivity index (χ3v) is 2.96. The lowest BCUT2D eigenvalue weighted by Gasteiger charge is -2.26. The maximum absolute atomic E-state index is 10.6. The summed E-state index contributed by atoms with van der Waals surface area (Å²) >= 11 is 0. The number of piperidine rings is 1. The van der Waals surface area contributed by atoms with E-state index in [-0.39, 0.29) is 0 Å². The van der Waals surface area contributed by atoms with E-state index in [1.54, 1.807) is 0 Å². The quantitative estimate of drug-likeness (QED) is 0.692. The van der Waals surface area contributed by atoms with Crippen molar-refractivity contribution in [2.45, 2.75) is 37.4 Å². The van der Waals surface area contributed by atoms with Crippen LogP contribution in [-0.2, 0) is 9.59 Å². The fraction of sp³-hybridized carbons (Fsp3) is 0.800. The Hall–Kier alpha value is -1.11. The van der Waals surface area contributed by atoms with Gasteiger partial charge in [-0.05, 0) is 32.2 Å². The van der Waals surface area contributed by atoms with E-state index >= 15 is 0 Å². The van der Waals surface area contributed by atoms with Crippen LogP contribution in [0.4, 0.5) is 13.2 Å². The lowest BCUT2D eigenvalue weighted by Crippen LogP contribution is -2.40. The smallest absolute Gasteiger partial charge is 0.475 e. The van der Waals surface area contributed by atoms with Crippen LogP contribution in [0.3, 0.4) is 0 Å². The molecule has 0 aromatic carbocycles. The Bertz CT molecular complexity index is 300. The topological polar surface area (TPSA) is 66.4 Å². The molecule has 0 amide bonds. The van der Waals surface area contributed by atoms with E-state index in [2.05, 4.69) is 5.32 Å². The minimum Gasteiger partial charge on any atom is -0.475 e. The Labute approximate surface area is 96.2 Å². The summed E-state index contributed by atoms with van der Waals surface area (Å²) < 4.78 is 31.7. The number of carbonyl (C=O) groups is 2. The first-order valence-electron chi connectivity index (χ1n) is 5.29. The maximum atomic E-state index is 10.6. The van der Waals surface area contributed by atoms with Crippen LogP contribution in [-0.4, -0.2) is 35.6 Å². The van der Waals surface area contributed by atoms with Gasteiger partial charge in [-0.3, -0.25) is 0 Å². The largest absolute Gasteiger partial charge is 0.490 e. The number of carboxylic acids is 1. The zero-order valence-corrected chi connectivity index (χ0v) is 9.09. The van der Waals surface area contributed by atoms with Gasteiger partial charge in [-0.2, -0.15) is 13.2 Å². The summed E-state index contributed by atoms with van der Waals surface area (Å²) in [5.74, 6) is -2.41. The van der Waals surface area contributed by atoms with E-state index in [1.807, 2.05) is 0 Å². The Morgan fingerprint density at radius 3 is 2.29 bits per heavy atom. The van der Waals surface area contributed by atoms with E-state index in [0.717, 1.165) is 25.7 Å². The zero-order valence-electron chi connectivity index (χ0n) is 9.09. The van der Waals surface area contributed by atoms with Gasteiger partial charge in [0.15, 0.2) is 0 Å². The van der Waals surface area contributed by atoms with E-state index in [0.29, 0.717) is 11.5 Å². The second-order valence-electron chi connectivity index (χ2n) is 4.40. The highest BCUT2D eigenvalue weighted by Crippen LogP contribution is 2.43. The number of carbonyl (C=O) groups excluding carboxylic acids is 1. The summed E-state index contributed by atoms with van der Waals surface area (Å²) in [5, 5.41) is 10.6. The van der Waals surface area contributed by atoms with E-state index < -0.39 is 12.1 Å². The van der Waals surface area contributed by atoms with Gasteiger partial charge in [0.1, 0.15) is 6.29 Å². The van der Waals surface area contributed by atoms with Crippen LogP contribution in [0.1, 0.15) is 25.7 Å². The molecule has 98 valence electrons. The number of nitrogens with one attached hydrogen (secondary N) is 1. The highest BCUT2D eigenvalue weighted by Gasteiger charge is 2.45. The molecule has 1 saturated carbocycles. The Morgan fingerprint density at radius 2 is 1.94 bits per heavy atom. The minimum absolute atomic E-state index is 0.351. The van der Waals surface area contributed by atoms with Crippen LogP contribution in [0.5, 0.6) is 0 Å². The van der Waals surface area contributed by atoms with Gasteiger partial charge in [-0.15, -0.1) is 0 Å². The van der Waals surface area contributed by atoms with Crippen molar-refractivity contribution >= 4 is 12.3 Å². The molecule has 1 saturated heterocycles. The molecule has 0 radical (unpaired) electrons. The van der Waals surface area contributed by atoms with Gasteiger partial charge in [0, 0.05) is 11.5 Å². The van der Waals surface area contributed by atoms with Crippen molar-refractivity contribution in [3.8, 4) is 0 Å². The van der Waals surface area contributed by atoms with Crippen molar-refractivity contribution in [2.24, 2.45) is 5.92 Å². The normalized spacial score (nSPS) is 25.7. The number of aldehydes is 1. The number of rotatable bonds is 1. The predicted octanol–water partition coefficient (Wildman–Crippen LogP) is 1.35. The van der Waals surface area contributed by atoms with Gasteiger partial charge in [0.05, 0.1) is 0 Å². The summed E-state index contributed by atoms with van der Waals surface area (Å²) in [7, 11) is 0. The van der Waals surface area contributed by atoms with Gasteiger partial charge in [-0.1, -0.05) is 0 Å². The van der Waals surface area contributed by atoms with Crippen LogP contribution in [0.15, 0.2) is 0 Å². The average Bonchev–Trinajstić information content (AvgIpc) is 2.97. The van der Waals surface area contributed by atoms with Gasteiger partial charge in [0.25, 0.3) is 0 Å². The molecule has 2 fully saturated rings. The first kappa shape index (κ1) is 14.0. The number of carboxylic acid groups (broad SMARTS) is 1. The van der Waals surface area contributed by atoms with Gasteiger partial charge in [-0.25, -0.2) is 4.79 Å². The molecule has 0 aromatic heterocycles. The molecular formula is C10H14F3NO3. The van der Waals surface area contributed by atoms with E-state index in [9.17, 15) is 18.0 Å². The molecule has 1 aliphatic carbocycles. The van der Waals surface area contributed by atoms with Gasteiger partial charge >= 0.3 is 12.1 Å². The lowest BCUT2D eigenvalue weighted by atomic mass is 9.92. The van der Waals surface area contributed by atoms with Crippen LogP contribution in [0.25, 0.3) is 0 Å². The molecule has 0 bridgehead atoms. The highest BCUT2D eigenvalue weighted by atomic mass is 19.4. The van der Waals surface area contributed by atoms with Crippen LogP contribution >= 0.6 is 0 Å². The molecule has 1 spiro atoms. The van der Waals surface area contributed by atoms with Crippen molar-refractivity contribution in [3.63, 3.8) is 0 Å². The molecule has 0 aromatic rings. The third kappa shape index (κ3) is 4.33. The fourth-order valence-electron chi connectivity index (χ4n) is 1.85. The van der Waals surface area contributed by atoms with Crippen molar-refractivity contribution in [1.29, 1.82) is 0 Å². The number of aliphatic carboxylic acids is 1. The number of halogens is 3. The Morgan fingerprint density at radius 1 is 1.41 bits per heavy atom. The van der Waals surface area contributed by atoms with Crippen molar-refractivity contribution in [3.05, 3.63) is 0 Å². The van der Waals surface area contributed by atoms with Crippen molar-refractivity contribution < 1.29 is 27.9 Å². The van der Waals surface area contributed by atoms with Gasteiger partial charge < -0.3 is 15.2 Å². The summed E-state index contributed by atoms with van der Waals surface area (Å²) in [6.07, 6.45) is 0.761. The first-order chi connectivity index (χ1) is 7.79. The number of alkyl halides is 3. The summed E-state index contributed by atoms with van der Waals surface area (Å²) in [5.41, 5.74) is 0.420. The number of hydrogen-bond acceptors (Lipinski definition) is 3. The monoisotopic (exact) mass is 253 g/mol. The SMILES string of the molecule is O=C(O)C(F)(F)F.O=CC1CCNC2(CC2)C1. The highest BCUT2D eigenvalue weighted by molar-refractivity contribution is 5.73. The number of hydrogen-bond donors (Lipinski definition) is 2. The first-order valence-corrected chi connectivity index (χ1v) is 5.29. The summed E-state index contributed by atoms with van der Waals surface area (Å²) in [6, 6.07) is 0. The minimum atomic E-state index is -5.08. The molecule has 1 unspecified atom stereocenters. The van der Waals surface area contributed by atoms with E-state index in [1.165, 1.54) is 12.8 Å². The zero-order chi connectivity index (χ0) is 13.1. The molecule has 7 heteroatoms. The van der Waals surface area contributed by atoms with Crippen LogP contribution in [0.2, 0.25) is 0 Å². The molecule has 4 nitrogen and oxygen atoms in total. The molecule has 1 aliphatic heterocycles. The third-order valence-electron chi connectivity index (χ3n) is 2.96. The average molecular weight is 253 g/mol. The molecule has 17 heavy (non-hydrogen) atoms. The van der Waals surface area contributed by atoms with Crippen molar-refractivity contribution in [2.75, 3.05) is 6.54 Å². The molecule has 1 heterocycles. The van der Waals surface area contributed by atoms with Crippen LogP contribution in [0, 0.1) is 5.92 Å². The molecule has 2 aliphatic rings. The lowest BCUT2D eigenvalue weighted by molar-refractivity contribution is -0.192. The summed E-state index contributed by atoms with van der Waals surface area (Å²) in [4.78, 5) is 19.3.